The van der Waals surface area contributed by atoms with Crippen molar-refractivity contribution < 1.29 is 0 Å². The van der Waals surface area contributed by atoms with Gasteiger partial charge in [-0.25, -0.2) is 4.98 Å². The number of likely N-dealkylation sites (tertiary alicyclic amines) is 2. The third-order valence-corrected chi connectivity index (χ3v) is 8.32. The van der Waals surface area contributed by atoms with Gasteiger partial charge in [0.2, 0.25) is 5.95 Å². The minimum absolute atomic E-state index is 0.281. The number of piperidine rings is 2. The Labute approximate surface area is 237 Å². The molecule has 0 unspecified atom stereocenters. The van der Waals surface area contributed by atoms with Gasteiger partial charge < -0.3 is 15.2 Å². The predicted molar refractivity (Wildman–Crippen MR) is 162 cm³/mol. The van der Waals surface area contributed by atoms with Crippen molar-refractivity contribution in [2.75, 3.05) is 36.8 Å². The molecule has 6 rings (SSSR count). The van der Waals surface area contributed by atoms with Crippen molar-refractivity contribution in [3.8, 4) is 0 Å². The van der Waals surface area contributed by atoms with E-state index in [9.17, 15) is 0 Å². The summed E-state index contributed by atoms with van der Waals surface area (Å²) >= 11 is 0. The number of fused-ring (bicyclic) bond motifs is 1. The number of aromatic nitrogens is 4. The highest BCUT2D eigenvalue weighted by molar-refractivity contribution is 5.84. The molecule has 0 amide bonds. The summed E-state index contributed by atoms with van der Waals surface area (Å²) in [5.41, 5.74) is 4.53. The normalized spacial score (nSPS) is 18.0. The summed E-state index contributed by atoms with van der Waals surface area (Å²) in [5.74, 6) is 1.57. The first-order valence-corrected chi connectivity index (χ1v) is 14.9. The second-order valence-electron chi connectivity index (χ2n) is 11.7. The molecule has 40 heavy (non-hydrogen) atoms. The highest BCUT2D eigenvalue weighted by Gasteiger charge is 2.24. The number of nitrogens with zero attached hydrogens (tertiary/aromatic N) is 6. The lowest BCUT2D eigenvalue weighted by Gasteiger charge is -2.33. The van der Waals surface area contributed by atoms with Crippen LogP contribution in [0.5, 0.6) is 0 Å². The number of benzene rings is 2. The standard InChI is InChI=1S/C32H42N8/c1-24(2)40-23-33-29-30(34-27-13-17-38(18-14-27)21-25-9-5-3-6-10-25)36-32(37-31(29)40)35-28-15-19-39(20-16-28)22-26-11-7-4-8-12-26/h3-12,23-24,27-28H,13-22H2,1-2H3,(H2,34,35,36,37). The van der Waals surface area contributed by atoms with Crippen LogP contribution in [0.1, 0.15) is 56.7 Å². The van der Waals surface area contributed by atoms with Gasteiger partial charge in [0, 0.05) is 57.4 Å². The lowest BCUT2D eigenvalue weighted by atomic mass is 10.0. The molecule has 2 fully saturated rings. The van der Waals surface area contributed by atoms with E-state index in [1.807, 2.05) is 6.33 Å². The fourth-order valence-electron chi connectivity index (χ4n) is 5.99. The summed E-state index contributed by atoms with van der Waals surface area (Å²) < 4.78 is 2.15. The van der Waals surface area contributed by atoms with Crippen LogP contribution in [0.4, 0.5) is 11.8 Å². The maximum absolute atomic E-state index is 5.00. The molecule has 210 valence electrons. The topological polar surface area (TPSA) is 74.1 Å². The van der Waals surface area contributed by atoms with Gasteiger partial charge in [0.05, 0.1) is 6.33 Å². The molecule has 4 heterocycles. The summed E-state index contributed by atoms with van der Waals surface area (Å²) in [6.45, 7) is 10.7. The quantitative estimate of drug-likeness (QED) is 0.289. The SMILES string of the molecule is CC(C)n1cnc2c(NC3CCN(Cc4ccccc4)CC3)nc(NC3CCN(Cc4ccccc4)CC3)nc21. The molecule has 4 aromatic rings. The van der Waals surface area contributed by atoms with Gasteiger partial charge in [0.25, 0.3) is 0 Å². The van der Waals surface area contributed by atoms with Gasteiger partial charge in [-0.15, -0.1) is 0 Å². The van der Waals surface area contributed by atoms with Crippen molar-refractivity contribution in [3.05, 3.63) is 78.1 Å². The van der Waals surface area contributed by atoms with E-state index in [-0.39, 0.29) is 6.04 Å². The third kappa shape index (κ3) is 6.45. The van der Waals surface area contributed by atoms with E-state index in [0.717, 1.165) is 81.9 Å². The molecule has 2 N–H and O–H groups in total. The zero-order chi connectivity index (χ0) is 27.3. The molecule has 0 saturated carbocycles. The molecule has 0 bridgehead atoms. The van der Waals surface area contributed by atoms with Crippen molar-refractivity contribution in [1.29, 1.82) is 0 Å². The van der Waals surface area contributed by atoms with Crippen LogP contribution in [0, 0.1) is 0 Å². The van der Waals surface area contributed by atoms with Crippen molar-refractivity contribution in [3.63, 3.8) is 0 Å². The number of hydrogen-bond acceptors (Lipinski definition) is 7. The number of anilines is 2. The highest BCUT2D eigenvalue weighted by atomic mass is 15.2. The average molecular weight is 539 g/mol. The maximum atomic E-state index is 5.00. The Bertz CT molecular complexity index is 1350. The molecular formula is C32H42N8. The largest absolute Gasteiger partial charge is 0.365 e. The molecule has 0 aliphatic carbocycles. The van der Waals surface area contributed by atoms with E-state index in [2.05, 4.69) is 99.5 Å². The molecule has 2 aromatic carbocycles. The van der Waals surface area contributed by atoms with Crippen molar-refractivity contribution in [2.45, 2.75) is 70.7 Å². The van der Waals surface area contributed by atoms with Crippen molar-refractivity contribution >= 4 is 22.9 Å². The second kappa shape index (κ2) is 12.4. The van der Waals surface area contributed by atoms with Crippen LogP contribution in [0.2, 0.25) is 0 Å². The Morgan fingerprint density at radius 1 is 0.725 bits per heavy atom. The minimum Gasteiger partial charge on any atom is -0.365 e. The van der Waals surface area contributed by atoms with Crippen molar-refractivity contribution in [1.82, 2.24) is 29.3 Å². The molecule has 2 aliphatic rings. The first-order valence-electron chi connectivity index (χ1n) is 14.9. The van der Waals surface area contributed by atoms with Crippen LogP contribution in [0.25, 0.3) is 11.2 Å². The van der Waals surface area contributed by atoms with Crippen LogP contribution in [-0.4, -0.2) is 67.6 Å². The molecule has 8 heteroatoms. The number of imidazole rings is 1. The summed E-state index contributed by atoms with van der Waals surface area (Å²) in [6, 6.07) is 22.6. The Hall–Kier alpha value is -3.49. The third-order valence-electron chi connectivity index (χ3n) is 8.32. The molecule has 0 radical (unpaired) electrons. The maximum Gasteiger partial charge on any atom is 0.227 e. The van der Waals surface area contributed by atoms with Gasteiger partial charge in [-0.05, 0) is 50.7 Å². The van der Waals surface area contributed by atoms with Crippen LogP contribution in [-0.2, 0) is 13.1 Å². The number of hydrogen-bond donors (Lipinski definition) is 2. The molecular weight excluding hydrogens is 496 g/mol. The van der Waals surface area contributed by atoms with Crippen LogP contribution in [0.3, 0.4) is 0 Å². The molecule has 0 spiro atoms. The van der Waals surface area contributed by atoms with E-state index in [0.29, 0.717) is 18.0 Å². The van der Waals surface area contributed by atoms with E-state index in [1.165, 1.54) is 11.1 Å². The van der Waals surface area contributed by atoms with E-state index in [4.69, 9.17) is 15.0 Å². The van der Waals surface area contributed by atoms with Crippen LogP contribution < -0.4 is 10.6 Å². The molecule has 2 saturated heterocycles. The fraction of sp³-hybridized carbons (Fsp3) is 0.469. The second-order valence-corrected chi connectivity index (χ2v) is 11.7. The summed E-state index contributed by atoms with van der Waals surface area (Å²) in [4.78, 5) is 19.8. The molecule has 8 nitrogen and oxygen atoms in total. The van der Waals surface area contributed by atoms with Gasteiger partial charge in [0.15, 0.2) is 17.0 Å². The lowest BCUT2D eigenvalue weighted by molar-refractivity contribution is 0.211. The number of rotatable bonds is 9. The Morgan fingerprint density at radius 2 is 1.25 bits per heavy atom. The Balaban J connectivity index is 1.11. The van der Waals surface area contributed by atoms with Gasteiger partial charge in [-0.1, -0.05) is 60.7 Å². The lowest BCUT2D eigenvalue weighted by Crippen LogP contribution is -2.39. The average Bonchev–Trinajstić information content (AvgIpc) is 3.41. The van der Waals surface area contributed by atoms with Gasteiger partial charge in [0.1, 0.15) is 0 Å². The minimum atomic E-state index is 0.281. The first kappa shape index (κ1) is 26.7. The monoisotopic (exact) mass is 538 g/mol. The zero-order valence-electron chi connectivity index (χ0n) is 23.8. The van der Waals surface area contributed by atoms with Crippen LogP contribution in [0.15, 0.2) is 67.0 Å². The molecule has 0 atom stereocenters. The zero-order valence-corrected chi connectivity index (χ0v) is 23.8. The fourth-order valence-corrected chi connectivity index (χ4v) is 5.99. The first-order chi connectivity index (χ1) is 19.6. The highest BCUT2D eigenvalue weighted by Crippen LogP contribution is 2.27. The van der Waals surface area contributed by atoms with Gasteiger partial charge in [-0.2, -0.15) is 9.97 Å². The van der Waals surface area contributed by atoms with Crippen molar-refractivity contribution in [2.24, 2.45) is 0 Å². The van der Waals surface area contributed by atoms with E-state index < -0.39 is 0 Å². The summed E-state index contributed by atoms with van der Waals surface area (Å²) in [5, 5.41) is 7.46. The molecule has 2 aromatic heterocycles. The Kier molecular flexibility index (Phi) is 8.25. The molecule has 2 aliphatic heterocycles. The smallest absolute Gasteiger partial charge is 0.227 e. The predicted octanol–water partition coefficient (Wildman–Crippen LogP) is 5.56. The summed E-state index contributed by atoms with van der Waals surface area (Å²) in [6.07, 6.45) is 6.25. The van der Waals surface area contributed by atoms with Crippen LogP contribution >= 0.6 is 0 Å². The van der Waals surface area contributed by atoms with Gasteiger partial charge >= 0.3 is 0 Å². The summed E-state index contributed by atoms with van der Waals surface area (Å²) in [7, 11) is 0. The van der Waals surface area contributed by atoms with E-state index in [1.54, 1.807) is 0 Å². The Morgan fingerprint density at radius 3 is 1.77 bits per heavy atom. The van der Waals surface area contributed by atoms with Gasteiger partial charge in [-0.3, -0.25) is 9.80 Å². The van der Waals surface area contributed by atoms with E-state index >= 15 is 0 Å². The number of nitrogens with one attached hydrogen (secondary N) is 2.